The topological polar surface area (TPSA) is 237 Å². The van der Waals surface area contributed by atoms with Gasteiger partial charge in [0.2, 0.25) is 0 Å². The molecule has 0 saturated heterocycles. The van der Waals surface area contributed by atoms with Crippen LogP contribution in [0.15, 0.2) is 0 Å². The first-order chi connectivity index (χ1) is 49.1. The molecular formula is C82H160O17P2. The second kappa shape index (κ2) is 74.9. The summed E-state index contributed by atoms with van der Waals surface area (Å²) in [5.74, 6) is -1.26. The zero-order valence-corrected chi connectivity index (χ0v) is 67.8. The fourth-order valence-corrected chi connectivity index (χ4v) is 14.3. The maximum Gasteiger partial charge on any atom is 0.472 e. The Morgan fingerprint density at radius 1 is 0.277 bits per heavy atom. The van der Waals surface area contributed by atoms with Crippen molar-refractivity contribution in [2.75, 3.05) is 39.6 Å². The lowest BCUT2D eigenvalue weighted by molar-refractivity contribution is -0.161. The zero-order valence-electron chi connectivity index (χ0n) is 66.1. The second-order valence-corrected chi connectivity index (χ2v) is 32.7. The number of aliphatic hydroxyl groups excluding tert-OH is 1. The number of carbonyl (C=O) groups excluding carboxylic acids is 4. The maximum absolute atomic E-state index is 13.1. The Balaban J connectivity index is 5.25. The Kier molecular flexibility index (Phi) is 73.5. The summed E-state index contributed by atoms with van der Waals surface area (Å²) in [7, 11) is -9.92. The smallest absolute Gasteiger partial charge is 0.462 e. The fourth-order valence-electron chi connectivity index (χ4n) is 12.7. The Morgan fingerprint density at radius 3 is 0.703 bits per heavy atom. The number of carbonyl (C=O) groups is 4. The van der Waals surface area contributed by atoms with Crippen LogP contribution in [0.3, 0.4) is 0 Å². The van der Waals surface area contributed by atoms with E-state index in [1.54, 1.807) is 0 Å². The van der Waals surface area contributed by atoms with Gasteiger partial charge >= 0.3 is 39.5 Å². The zero-order chi connectivity index (χ0) is 74.1. The lowest BCUT2D eigenvalue weighted by atomic mass is 9.99. The number of hydrogen-bond acceptors (Lipinski definition) is 15. The van der Waals surface area contributed by atoms with E-state index in [0.29, 0.717) is 25.7 Å². The first-order valence-electron chi connectivity index (χ1n) is 42.7. The molecule has 0 fully saturated rings. The summed E-state index contributed by atoms with van der Waals surface area (Å²) in [5, 5.41) is 10.7. The normalized spacial score (nSPS) is 14.1. The van der Waals surface area contributed by atoms with Gasteiger partial charge in [-0.15, -0.1) is 0 Å². The van der Waals surface area contributed by atoms with E-state index < -0.39 is 97.5 Å². The molecule has 0 radical (unpaired) electrons. The number of phosphoric ester groups is 2. The molecule has 0 aromatic rings. The number of hydrogen-bond donors (Lipinski definition) is 3. The number of esters is 4. The first kappa shape index (κ1) is 99.1. The van der Waals surface area contributed by atoms with Crippen LogP contribution in [-0.4, -0.2) is 96.7 Å². The molecule has 0 heterocycles. The molecule has 0 aliphatic carbocycles. The molecule has 0 bridgehead atoms. The lowest BCUT2D eigenvalue weighted by Crippen LogP contribution is -2.30. The van der Waals surface area contributed by atoms with Crippen LogP contribution in [0.2, 0.25) is 0 Å². The summed E-state index contributed by atoms with van der Waals surface area (Å²) < 4.78 is 68.8. The number of unbranched alkanes of at least 4 members (excludes halogenated alkanes) is 53. The predicted octanol–water partition coefficient (Wildman–Crippen LogP) is 24.8. The molecule has 3 N–H and O–H groups in total. The van der Waals surface area contributed by atoms with Gasteiger partial charge in [-0.2, -0.15) is 0 Å². The Hall–Kier alpha value is -1.94. The van der Waals surface area contributed by atoms with E-state index in [9.17, 15) is 43.2 Å². The third-order valence-electron chi connectivity index (χ3n) is 19.6. The Morgan fingerprint density at radius 2 is 0.475 bits per heavy atom. The molecule has 0 rings (SSSR count). The van der Waals surface area contributed by atoms with Gasteiger partial charge in [-0.3, -0.25) is 37.3 Å². The molecule has 6 atom stereocenters. The van der Waals surface area contributed by atoms with Crippen molar-refractivity contribution >= 4 is 39.5 Å². The van der Waals surface area contributed by atoms with Crippen molar-refractivity contribution < 1.29 is 80.2 Å². The summed E-state index contributed by atoms with van der Waals surface area (Å²) in [6.45, 7) is 7.40. The minimum absolute atomic E-state index is 0.109. The van der Waals surface area contributed by atoms with Crippen LogP contribution in [0.4, 0.5) is 0 Å². The molecular weight excluding hydrogens is 1320 g/mol. The number of ether oxygens (including phenoxy) is 4. The minimum Gasteiger partial charge on any atom is -0.462 e. The third-order valence-corrected chi connectivity index (χ3v) is 21.5. The molecule has 3 unspecified atom stereocenters. The van der Waals surface area contributed by atoms with Crippen LogP contribution in [0.1, 0.15) is 439 Å². The molecule has 101 heavy (non-hydrogen) atoms. The molecule has 600 valence electrons. The van der Waals surface area contributed by atoms with Crippen molar-refractivity contribution in [3.05, 3.63) is 0 Å². The molecule has 0 saturated carbocycles. The molecule has 0 aliphatic heterocycles. The molecule has 0 amide bonds. The van der Waals surface area contributed by atoms with Gasteiger partial charge in [0, 0.05) is 25.7 Å². The second-order valence-electron chi connectivity index (χ2n) is 29.8. The van der Waals surface area contributed by atoms with Crippen molar-refractivity contribution in [1.82, 2.24) is 0 Å². The van der Waals surface area contributed by atoms with Crippen LogP contribution in [-0.2, 0) is 65.4 Å². The van der Waals surface area contributed by atoms with E-state index >= 15 is 0 Å². The van der Waals surface area contributed by atoms with E-state index in [0.717, 1.165) is 95.8 Å². The van der Waals surface area contributed by atoms with Gasteiger partial charge in [-0.25, -0.2) is 9.13 Å². The van der Waals surface area contributed by atoms with Crippen LogP contribution < -0.4 is 0 Å². The predicted molar refractivity (Wildman–Crippen MR) is 414 cm³/mol. The van der Waals surface area contributed by atoms with E-state index in [1.165, 1.54) is 263 Å². The lowest BCUT2D eigenvalue weighted by Gasteiger charge is -2.21. The summed E-state index contributed by atoms with van der Waals surface area (Å²) in [4.78, 5) is 73.1. The molecule has 17 nitrogen and oxygen atoms in total. The van der Waals surface area contributed by atoms with Crippen molar-refractivity contribution in [3.8, 4) is 0 Å². The highest BCUT2D eigenvalue weighted by Gasteiger charge is 2.30. The van der Waals surface area contributed by atoms with E-state index in [-0.39, 0.29) is 25.7 Å². The molecule has 0 aromatic heterocycles. The van der Waals surface area contributed by atoms with Gasteiger partial charge < -0.3 is 33.8 Å². The molecule has 0 aliphatic rings. The fraction of sp³-hybridized carbons (Fsp3) is 0.951. The number of phosphoric acid groups is 2. The average Bonchev–Trinajstić information content (AvgIpc) is 0.931. The molecule has 0 spiro atoms. The van der Waals surface area contributed by atoms with Gasteiger partial charge in [0.1, 0.15) is 19.3 Å². The first-order valence-corrected chi connectivity index (χ1v) is 45.7. The average molecular weight is 1480 g/mol. The quantitative estimate of drug-likeness (QED) is 0.0222. The molecule has 19 heteroatoms. The third kappa shape index (κ3) is 74.7. The van der Waals surface area contributed by atoms with E-state index in [2.05, 4.69) is 34.6 Å². The van der Waals surface area contributed by atoms with Gasteiger partial charge in [0.25, 0.3) is 0 Å². The van der Waals surface area contributed by atoms with Gasteiger partial charge in [0.05, 0.1) is 26.4 Å². The number of aliphatic hydroxyl groups is 1. The van der Waals surface area contributed by atoms with Crippen LogP contribution in [0, 0.1) is 5.92 Å². The van der Waals surface area contributed by atoms with E-state index in [4.69, 9.17) is 37.0 Å². The number of rotatable bonds is 82. The highest BCUT2D eigenvalue weighted by Crippen LogP contribution is 2.45. The summed E-state index contributed by atoms with van der Waals surface area (Å²) in [6.07, 6.45) is 66.4. The van der Waals surface area contributed by atoms with Crippen molar-refractivity contribution in [2.45, 2.75) is 457 Å². The van der Waals surface area contributed by atoms with Crippen molar-refractivity contribution in [1.29, 1.82) is 0 Å². The van der Waals surface area contributed by atoms with E-state index in [1.807, 2.05) is 0 Å². The van der Waals surface area contributed by atoms with Crippen LogP contribution in [0.5, 0.6) is 0 Å². The standard InChI is InChI=1S/C82H160O17P2/c1-6-10-13-16-19-22-25-27-29-30-32-36-41-46-51-56-61-66-80(85)93-72-78(99-82(87)68-63-58-53-48-43-38-34-33-35-40-44-49-54-59-64-75(5)9-4)74-97-101(90,91)95-70-76(83)69-94-100(88,89)96-73-77(71-92-79(84)65-60-55-50-45-39-24-21-18-15-12-8-3)98-81(86)67-62-57-52-47-42-37-31-28-26-23-20-17-14-11-7-2/h75-78,83H,6-74H2,1-5H3,(H,88,89)(H,90,91)/t75?,76-,77+,78+/m0/s1. The van der Waals surface area contributed by atoms with Crippen LogP contribution >= 0.6 is 15.6 Å². The van der Waals surface area contributed by atoms with Gasteiger partial charge in [-0.1, -0.05) is 388 Å². The Bertz CT molecular complexity index is 1930. The van der Waals surface area contributed by atoms with Crippen molar-refractivity contribution in [2.24, 2.45) is 5.92 Å². The maximum atomic E-state index is 13.1. The highest BCUT2D eigenvalue weighted by molar-refractivity contribution is 7.47. The highest BCUT2D eigenvalue weighted by atomic mass is 31.2. The van der Waals surface area contributed by atoms with Crippen molar-refractivity contribution in [3.63, 3.8) is 0 Å². The largest absolute Gasteiger partial charge is 0.472 e. The monoisotopic (exact) mass is 1480 g/mol. The summed E-state index contributed by atoms with van der Waals surface area (Å²) in [5.41, 5.74) is 0. The summed E-state index contributed by atoms with van der Waals surface area (Å²) >= 11 is 0. The Labute approximate surface area is 619 Å². The SMILES string of the molecule is CCCCCCCCCCCCCCCCCCCC(=O)OC[C@H](COP(=O)(O)OC[C@@H](O)COP(=O)(O)OC[C@@H](COC(=O)CCCCCCCCCCCCC)OC(=O)CCCCCCCCCCCCCCCCC)OC(=O)CCCCCCCCCCCCCCCCC(C)CC. The minimum atomic E-state index is -4.96. The van der Waals surface area contributed by atoms with Crippen LogP contribution in [0.25, 0.3) is 0 Å². The molecule has 0 aromatic carbocycles. The summed E-state index contributed by atoms with van der Waals surface area (Å²) in [6, 6.07) is 0. The van der Waals surface area contributed by atoms with Gasteiger partial charge in [0.15, 0.2) is 12.2 Å². The van der Waals surface area contributed by atoms with Gasteiger partial charge in [-0.05, 0) is 31.6 Å².